The zero-order chi connectivity index (χ0) is 38.0. The highest BCUT2D eigenvalue weighted by Gasteiger charge is 2.29. The van der Waals surface area contributed by atoms with Crippen molar-refractivity contribution >= 4 is 86.8 Å². The van der Waals surface area contributed by atoms with Crippen molar-refractivity contribution in [1.29, 1.82) is 0 Å². The van der Waals surface area contributed by atoms with Gasteiger partial charge in [0.15, 0.2) is 0 Å². The van der Waals surface area contributed by atoms with Crippen LogP contribution in [0.15, 0.2) is 114 Å². The highest BCUT2D eigenvalue weighted by Crippen LogP contribution is 2.38. The first-order chi connectivity index (χ1) is 26.2. The van der Waals surface area contributed by atoms with E-state index in [-0.39, 0.29) is 29.0 Å². The number of carbonyl (C=O) groups excluding carboxylic acids is 4. The summed E-state index contributed by atoms with van der Waals surface area (Å²) in [5, 5.41) is 9.52. The van der Waals surface area contributed by atoms with E-state index in [9.17, 15) is 19.2 Å². The van der Waals surface area contributed by atoms with Crippen molar-refractivity contribution in [3.05, 3.63) is 152 Å². The van der Waals surface area contributed by atoms with Gasteiger partial charge >= 0.3 is 5.97 Å². The van der Waals surface area contributed by atoms with Gasteiger partial charge in [0.1, 0.15) is 10.7 Å². The molecule has 54 heavy (non-hydrogen) atoms. The molecule has 0 aliphatic carbocycles. The van der Waals surface area contributed by atoms with Gasteiger partial charge in [-0.3, -0.25) is 19.3 Å². The summed E-state index contributed by atoms with van der Waals surface area (Å²) in [7, 11) is 0. The molecule has 0 atom stereocenters. The largest absolute Gasteiger partial charge is 0.462 e. The van der Waals surface area contributed by atoms with Gasteiger partial charge in [-0.05, 0) is 72.5 Å². The third-order valence-electron chi connectivity index (χ3n) is 8.39. The lowest BCUT2D eigenvalue weighted by atomic mass is 10.0. The van der Waals surface area contributed by atoms with E-state index in [1.807, 2.05) is 24.3 Å². The van der Waals surface area contributed by atoms with E-state index in [4.69, 9.17) is 27.9 Å². The van der Waals surface area contributed by atoms with Crippen molar-refractivity contribution in [2.75, 3.05) is 29.5 Å². The summed E-state index contributed by atoms with van der Waals surface area (Å²) in [6.07, 6.45) is 2.13. The monoisotopic (exact) mass is 798 g/mol. The minimum absolute atomic E-state index is 0.0495. The maximum Gasteiger partial charge on any atom is 0.341 e. The SMILES string of the molecule is CCOC(=O)c1c(NC(=O)CSc2cccc(NC(=O)/C(=C\c3cccc(Cl)c3Cl)NC(=O)c3ccccc3)c2)sc2c1CCN(Cc1ccccc1)C2. The highest BCUT2D eigenvalue weighted by atomic mass is 35.5. The van der Waals surface area contributed by atoms with Gasteiger partial charge in [0, 0.05) is 40.7 Å². The highest BCUT2D eigenvalue weighted by molar-refractivity contribution is 8.00. The van der Waals surface area contributed by atoms with Crippen LogP contribution in [-0.4, -0.2) is 47.5 Å². The molecule has 0 bridgehead atoms. The van der Waals surface area contributed by atoms with E-state index in [1.165, 1.54) is 34.7 Å². The minimum Gasteiger partial charge on any atom is -0.462 e. The van der Waals surface area contributed by atoms with Crippen molar-refractivity contribution in [1.82, 2.24) is 10.2 Å². The van der Waals surface area contributed by atoms with E-state index in [0.717, 1.165) is 23.5 Å². The lowest BCUT2D eigenvalue weighted by Crippen LogP contribution is -2.30. The second-order valence-electron chi connectivity index (χ2n) is 12.2. The molecular formula is C41H36Cl2N4O5S2. The van der Waals surface area contributed by atoms with Gasteiger partial charge in [0.2, 0.25) is 5.91 Å². The molecule has 0 spiro atoms. The molecule has 276 valence electrons. The number of rotatable bonds is 13. The van der Waals surface area contributed by atoms with Crippen LogP contribution in [-0.2, 0) is 33.8 Å². The molecule has 0 unspecified atom stereocenters. The number of thioether (sulfide) groups is 1. The summed E-state index contributed by atoms with van der Waals surface area (Å²) in [6.45, 7) is 4.23. The summed E-state index contributed by atoms with van der Waals surface area (Å²) in [5.74, 6) is -1.75. The number of thiophene rings is 1. The van der Waals surface area contributed by atoms with E-state index in [1.54, 1.807) is 73.7 Å². The number of nitrogens with one attached hydrogen (secondary N) is 3. The molecule has 1 aliphatic rings. The van der Waals surface area contributed by atoms with Crippen LogP contribution in [0, 0.1) is 0 Å². The molecule has 13 heteroatoms. The van der Waals surface area contributed by atoms with Crippen LogP contribution < -0.4 is 16.0 Å². The molecule has 0 saturated heterocycles. The smallest absolute Gasteiger partial charge is 0.341 e. The summed E-state index contributed by atoms with van der Waals surface area (Å²) < 4.78 is 5.40. The molecule has 9 nitrogen and oxygen atoms in total. The standard InChI is InChI=1S/C41H36Cl2N4O5S2/c1-2-52-41(51)36-31-19-20-47(23-26-11-5-3-6-12-26)24-34(31)54-40(36)46-35(48)25-53-30-17-10-16-29(22-30)44-39(50)33(21-28-15-9-18-32(42)37(28)43)45-38(49)27-13-7-4-8-14-27/h3-18,21-22H,2,19-20,23-25H2,1H3,(H,44,50)(H,45,49)(H,46,48)/b33-21+. The normalized spacial score (nSPS) is 12.8. The Morgan fingerprint density at radius 3 is 2.41 bits per heavy atom. The second-order valence-corrected chi connectivity index (χ2v) is 15.2. The van der Waals surface area contributed by atoms with Crippen molar-refractivity contribution in [3.63, 3.8) is 0 Å². The number of hydrogen-bond acceptors (Lipinski definition) is 8. The van der Waals surface area contributed by atoms with Gasteiger partial charge in [0.25, 0.3) is 11.8 Å². The summed E-state index contributed by atoms with van der Waals surface area (Å²) in [5.41, 5.74) is 3.78. The number of esters is 1. The fourth-order valence-electron chi connectivity index (χ4n) is 5.84. The Bertz CT molecular complexity index is 2190. The molecule has 6 rings (SSSR count). The van der Waals surface area contributed by atoms with Gasteiger partial charge in [-0.25, -0.2) is 4.79 Å². The Morgan fingerprint density at radius 1 is 0.907 bits per heavy atom. The van der Waals surface area contributed by atoms with Crippen LogP contribution in [0.2, 0.25) is 10.0 Å². The Hall–Kier alpha value is -4.91. The van der Waals surface area contributed by atoms with Gasteiger partial charge < -0.3 is 20.7 Å². The number of amides is 3. The molecule has 4 aromatic carbocycles. The van der Waals surface area contributed by atoms with E-state index in [2.05, 4.69) is 33.0 Å². The quantitative estimate of drug-likeness (QED) is 0.0619. The minimum atomic E-state index is -0.592. The molecule has 3 N–H and O–H groups in total. The van der Waals surface area contributed by atoms with Crippen molar-refractivity contribution < 1.29 is 23.9 Å². The van der Waals surface area contributed by atoms with Gasteiger partial charge in [-0.15, -0.1) is 23.1 Å². The van der Waals surface area contributed by atoms with Crippen molar-refractivity contribution in [2.45, 2.75) is 31.3 Å². The summed E-state index contributed by atoms with van der Waals surface area (Å²) >= 11 is 15.3. The van der Waals surface area contributed by atoms with Gasteiger partial charge in [0.05, 0.1) is 28.0 Å². The number of benzene rings is 4. The topological polar surface area (TPSA) is 117 Å². The first-order valence-electron chi connectivity index (χ1n) is 17.1. The molecular weight excluding hydrogens is 764 g/mol. The predicted molar refractivity (Wildman–Crippen MR) is 217 cm³/mol. The zero-order valence-corrected chi connectivity index (χ0v) is 32.3. The van der Waals surface area contributed by atoms with Crippen LogP contribution in [0.3, 0.4) is 0 Å². The van der Waals surface area contributed by atoms with E-state index in [0.29, 0.717) is 50.3 Å². The summed E-state index contributed by atoms with van der Waals surface area (Å²) in [4.78, 5) is 57.2. The number of hydrogen-bond donors (Lipinski definition) is 3. The Balaban J connectivity index is 1.13. The Morgan fingerprint density at radius 2 is 1.65 bits per heavy atom. The number of halogens is 2. The Kier molecular flexibility index (Phi) is 13.2. The molecule has 1 aromatic heterocycles. The molecule has 5 aromatic rings. The van der Waals surface area contributed by atoms with Crippen molar-refractivity contribution in [3.8, 4) is 0 Å². The van der Waals surface area contributed by atoms with Gasteiger partial charge in [-0.1, -0.05) is 89.9 Å². The van der Waals surface area contributed by atoms with Gasteiger partial charge in [-0.2, -0.15) is 0 Å². The number of fused-ring (bicyclic) bond motifs is 1. The molecule has 3 amide bonds. The average Bonchev–Trinajstić information content (AvgIpc) is 3.53. The van der Waals surface area contributed by atoms with E-state index < -0.39 is 17.8 Å². The third kappa shape index (κ3) is 9.99. The van der Waals surface area contributed by atoms with Crippen LogP contribution in [0.1, 0.15) is 49.2 Å². The molecule has 0 saturated carbocycles. The second kappa shape index (κ2) is 18.4. The fourth-order valence-corrected chi connectivity index (χ4v) is 8.26. The first kappa shape index (κ1) is 38.8. The fraction of sp³-hybridized carbons (Fsp3) is 0.171. The maximum absolute atomic E-state index is 13.6. The van der Waals surface area contributed by atoms with E-state index >= 15 is 0 Å². The average molecular weight is 800 g/mol. The van der Waals surface area contributed by atoms with Crippen LogP contribution in [0.4, 0.5) is 10.7 Å². The number of carbonyl (C=O) groups is 4. The lowest BCUT2D eigenvalue weighted by molar-refractivity contribution is -0.114. The molecule has 0 fully saturated rings. The number of anilines is 2. The molecule has 2 heterocycles. The Labute approximate surface area is 331 Å². The zero-order valence-electron chi connectivity index (χ0n) is 29.2. The van der Waals surface area contributed by atoms with Crippen molar-refractivity contribution in [2.24, 2.45) is 0 Å². The molecule has 0 radical (unpaired) electrons. The number of ether oxygens (including phenoxy) is 1. The summed E-state index contributed by atoms with van der Waals surface area (Å²) in [6, 6.07) is 30.8. The lowest BCUT2D eigenvalue weighted by Gasteiger charge is -2.27. The third-order valence-corrected chi connectivity index (χ3v) is 11.3. The van der Waals surface area contributed by atoms with Crippen LogP contribution in [0.25, 0.3) is 6.08 Å². The number of nitrogens with zero attached hydrogens (tertiary/aromatic N) is 1. The predicted octanol–water partition coefficient (Wildman–Crippen LogP) is 8.93. The molecule has 1 aliphatic heterocycles. The van der Waals surface area contributed by atoms with Crippen LogP contribution in [0.5, 0.6) is 0 Å². The first-order valence-corrected chi connectivity index (χ1v) is 19.7. The van der Waals surface area contributed by atoms with Crippen LogP contribution >= 0.6 is 46.3 Å². The maximum atomic E-state index is 13.6.